The Balaban J connectivity index is 1.55. The maximum absolute atomic E-state index is 12.4. The Morgan fingerprint density at radius 3 is 2.62 bits per heavy atom. The fourth-order valence-corrected chi connectivity index (χ4v) is 3.39. The highest BCUT2D eigenvalue weighted by molar-refractivity contribution is 5.94. The minimum absolute atomic E-state index is 0.0413. The van der Waals surface area contributed by atoms with Gasteiger partial charge in [-0.15, -0.1) is 0 Å². The number of pyridine rings is 1. The fraction of sp³-hybridized carbons (Fsp3) is 0.350. The first-order valence-corrected chi connectivity index (χ1v) is 8.90. The monoisotopic (exact) mass is 352 g/mol. The van der Waals surface area contributed by atoms with Crippen molar-refractivity contribution in [2.75, 3.05) is 30.3 Å². The number of aromatic nitrogens is 1. The van der Waals surface area contributed by atoms with Crippen molar-refractivity contribution in [1.29, 1.82) is 0 Å². The minimum Gasteiger partial charge on any atom is -0.326 e. The van der Waals surface area contributed by atoms with Gasteiger partial charge in [-0.2, -0.15) is 0 Å². The molecule has 1 aliphatic heterocycles. The molecule has 1 unspecified atom stereocenters. The fourth-order valence-electron chi connectivity index (χ4n) is 3.39. The maximum atomic E-state index is 12.4. The Bertz CT molecular complexity index is 763. The van der Waals surface area contributed by atoms with Crippen LogP contribution in [0, 0.1) is 0 Å². The van der Waals surface area contributed by atoms with Crippen molar-refractivity contribution < 1.29 is 9.59 Å². The number of hydrogen-bond donors (Lipinski definition) is 2. The molecule has 1 aromatic heterocycles. The molecule has 26 heavy (non-hydrogen) atoms. The van der Waals surface area contributed by atoms with Gasteiger partial charge >= 0.3 is 0 Å². The van der Waals surface area contributed by atoms with Crippen LogP contribution in [0.5, 0.6) is 0 Å². The number of amides is 2. The van der Waals surface area contributed by atoms with E-state index in [4.69, 9.17) is 0 Å². The smallest absolute Gasteiger partial charge is 0.238 e. The summed E-state index contributed by atoms with van der Waals surface area (Å²) in [4.78, 5) is 29.8. The number of hydrogen-bond acceptors (Lipinski definition) is 4. The summed E-state index contributed by atoms with van der Waals surface area (Å²) in [6, 6.07) is 11.3. The van der Waals surface area contributed by atoms with E-state index in [9.17, 15) is 9.59 Å². The van der Waals surface area contributed by atoms with Crippen molar-refractivity contribution in [2.45, 2.75) is 25.7 Å². The number of nitrogens with one attached hydrogen (secondary N) is 2. The van der Waals surface area contributed by atoms with Gasteiger partial charge < -0.3 is 10.6 Å². The van der Waals surface area contributed by atoms with Crippen LogP contribution in [0.2, 0.25) is 0 Å². The molecule has 136 valence electrons. The summed E-state index contributed by atoms with van der Waals surface area (Å²) in [5.41, 5.74) is 2.64. The molecule has 1 atom stereocenters. The normalized spacial score (nSPS) is 17.5. The average Bonchev–Trinajstić information content (AvgIpc) is 2.62. The van der Waals surface area contributed by atoms with E-state index in [1.165, 1.54) is 12.5 Å². The molecule has 2 N–H and O–H groups in total. The van der Waals surface area contributed by atoms with Crippen molar-refractivity contribution >= 4 is 23.2 Å². The summed E-state index contributed by atoms with van der Waals surface area (Å²) >= 11 is 0. The number of nitrogens with zero attached hydrogens (tertiary/aromatic N) is 2. The number of likely N-dealkylation sites (tertiary alicyclic amines) is 1. The highest BCUT2D eigenvalue weighted by Crippen LogP contribution is 2.26. The lowest BCUT2D eigenvalue weighted by molar-refractivity contribution is -0.117. The summed E-state index contributed by atoms with van der Waals surface area (Å²) in [6.45, 7) is 3.64. The SMILES string of the molecule is CC(=O)Nc1cccc(NC(=O)CN2CCCC(c3ccncc3)C2)c1. The molecular weight excluding hydrogens is 328 g/mol. The molecule has 1 aromatic carbocycles. The van der Waals surface area contributed by atoms with Crippen LogP contribution in [0.25, 0.3) is 0 Å². The predicted octanol–water partition coefficient (Wildman–Crippen LogP) is 2.86. The first-order chi connectivity index (χ1) is 12.6. The number of rotatable bonds is 5. The molecule has 0 saturated carbocycles. The molecule has 0 spiro atoms. The van der Waals surface area contributed by atoms with Crippen LogP contribution in [0.3, 0.4) is 0 Å². The average molecular weight is 352 g/mol. The topological polar surface area (TPSA) is 74.3 Å². The van der Waals surface area contributed by atoms with Crippen molar-refractivity contribution in [3.8, 4) is 0 Å². The first kappa shape index (κ1) is 18.1. The van der Waals surface area contributed by atoms with Crippen LogP contribution in [0.4, 0.5) is 11.4 Å². The van der Waals surface area contributed by atoms with E-state index in [1.54, 1.807) is 18.2 Å². The van der Waals surface area contributed by atoms with E-state index in [0.717, 1.165) is 25.9 Å². The molecule has 3 rings (SSSR count). The molecule has 6 heteroatoms. The van der Waals surface area contributed by atoms with Crippen LogP contribution in [0.1, 0.15) is 31.2 Å². The number of anilines is 2. The van der Waals surface area contributed by atoms with Gasteiger partial charge in [0.25, 0.3) is 0 Å². The molecular formula is C20H24N4O2. The molecule has 0 bridgehead atoms. The van der Waals surface area contributed by atoms with Gasteiger partial charge in [0.15, 0.2) is 0 Å². The van der Waals surface area contributed by atoms with E-state index >= 15 is 0 Å². The van der Waals surface area contributed by atoms with Gasteiger partial charge in [0.05, 0.1) is 6.54 Å². The second kappa shape index (κ2) is 8.58. The van der Waals surface area contributed by atoms with Gasteiger partial charge in [-0.25, -0.2) is 0 Å². The largest absolute Gasteiger partial charge is 0.326 e. The molecule has 1 saturated heterocycles. The third kappa shape index (κ3) is 5.13. The first-order valence-electron chi connectivity index (χ1n) is 8.90. The van der Waals surface area contributed by atoms with Crippen molar-refractivity contribution in [2.24, 2.45) is 0 Å². The third-order valence-corrected chi connectivity index (χ3v) is 4.52. The third-order valence-electron chi connectivity index (χ3n) is 4.52. The van der Waals surface area contributed by atoms with Gasteiger partial charge in [-0.05, 0) is 61.2 Å². The quantitative estimate of drug-likeness (QED) is 0.868. The summed E-state index contributed by atoms with van der Waals surface area (Å²) in [5.74, 6) is 0.270. The maximum Gasteiger partial charge on any atom is 0.238 e. The van der Waals surface area contributed by atoms with Crippen LogP contribution in [-0.2, 0) is 9.59 Å². The van der Waals surface area contributed by atoms with E-state index in [-0.39, 0.29) is 11.8 Å². The Kier molecular flexibility index (Phi) is 5.96. The Labute approximate surface area is 153 Å². The summed E-state index contributed by atoms with van der Waals surface area (Å²) < 4.78 is 0. The Hall–Kier alpha value is -2.73. The lowest BCUT2D eigenvalue weighted by Crippen LogP contribution is -2.39. The van der Waals surface area contributed by atoms with Gasteiger partial charge in [-0.1, -0.05) is 6.07 Å². The molecule has 6 nitrogen and oxygen atoms in total. The number of piperidine rings is 1. The number of benzene rings is 1. The van der Waals surface area contributed by atoms with E-state index in [1.807, 2.05) is 18.5 Å². The zero-order chi connectivity index (χ0) is 18.4. The van der Waals surface area contributed by atoms with Crippen LogP contribution >= 0.6 is 0 Å². The molecule has 1 aliphatic rings. The molecule has 0 radical (unpaired) electrons. The second-order valence-corrected chi connectivity index (χ2v) is 6.66. The lowest BCUT2D eigenvalue weighted by atomic mass is 9.91. The minimum atomic E-state index is -0.135. The molecule has 2 aromatic rings. The van der Waals surface area contributed by atoms with Gasteiger partial charge in [0.2, 0.25) is 11.8 Å². The number of carbonyl (C=O) groups is 2. The van der Waals surface area contributed by atoms with E-state index in [2.05, 4.69) is 32.7 Å². The molecule has 0 aliphatic carbocycles. The highest BCUT2D eigenvalue weighted by atomic mass is 16.2. The standard InChI is InChI=1S/C20H24N4O2/c1-15(25)22-18-5-2-6-19(12-18)23-20(26)14-24-11-3-4-17(13-24)16-7-9-21-10-8-16/h2,5-10,12,17H,3-4,11,13-14H2,1H3,(H,22,25)(H,23,26). The molecule has 1 fully saturated rings. The lowest BCUT2D eigenvalue weighted by Gasteiger charge is -2.32. The van der Waals surface area contributed by atoms with Crippen molar-refractivity contribution in [1.82, 2.24) is 9.88 Å². The summed E-state index contributed by atoms with van der Waals surface area (Å²) in [7, 11) is 0. The van der Waals surface area contributed by atoms with Crippen LogP contribution < -0.4 is 10.6 Å². The highest BCUT2D eigenvalue weighted by Gasteiger charge is 2.22. The Morgan fingerprint density at radius 1 is 1.15 bits per heavy atom. The predicted molar refractivity (Wildman–Crippen MR) is 102 cm³/mol. The van der Waals surface area contributed by atoms with Crippen LogP contribution in [-0.4, -0.2) is 41.3 Å². The van der Waals surface area contributed by atoms with Gasteiger partial charge in [0, 0.05) is 37.2 Å². The van der Waals surface area contributed by atoms with E-state index < -0.39 is 0 Å². The van der Waals surface area contributed by atoms with E-state index in [0.29, 0.717) is 23.8 Å². The second-order valence-electron chi connectivity index (χ2n) is 6.66. The Morgan fingerprint density at radius 2 is 1.88 bits per heavy atom. The van der Waals surface area contributed by atoms with Gasteiger partial charge in [-0.3, -0.25) is 19.5 Å². The number of carbonyl (C=O) groups excluding carboxylic acids is 2. The molecule has 2 amide bonds. The summed E-state index contributed by atoms with van der Waals surface area (Å²) in [6.07, 6.45) is 5.87. The van der Waals surface area contributed by atoms with Crippen LogP contribution in [0.15, 0.2) is 48.8 Å². The van der Waals surface area contributed by atoms with Crippen molar-refractivity contribution in [3.63, 3.8) is 0 Å². The summed E-state index contributed by atoms with van der Waals surface area (Å²) in [5, 5.41) is 5.63. The molecule has 2 heterocycles. The zero-order valence-electron chi connectivity index (χ0n) is 14.9. The van der Waals surface area contributed by atoms with Crippen molar-refractivity contribution in [3.05, 3.63) is 54.4 Å². The zero-order valence-corrected chi connectivity index (χ0v) is 14.9. The van der Waals surface area contributed by atoms with Gasteiger partial charge in [0.1, 0.15) is 0 Å².